The van der Waals surface area contributed by atoms with E-state index in [4.69, 9.17) is 4.74 Å². The Morgan fingerprint density at radius 1 is 1.24 bits per heavy atom. The number of para-hydroxylation sites is 1. The lowest BCUT2D eigenvalue weighted by Gasteiger charge is -2.25. The third kappa shape index (κ3) is 2.99. The maximum Gasteiger partial charge on any atom is 0.229 e. The molecule has 3 rings (SSSR count). The molecule has 2 N–H and O–H groups in total. The molecular formula is C17H18N2O2. The van der Waals surface area contributed by atoms with Gasteiger partial charge in [-0.2, -0.15) is 0 Å². The van der Waals surface area contributed by atoms with Crippen molar-refractivity contribution in [3.8, 4) is 5.75 Å². The molecule has 1 heterocycles. The number of methoxy groups -OCH3 is 1. The first kappa shape index (κ1) is 13.5. The summed E-state index contributed by atoms with van der Waals surface area (Å²) in [5.74, 6) is 0.705. The van der Waals surface area contributed by atoms with Gasteiger partial charge in [0.1, 0.15) is 5.75 Å². The second-order valence-electron chi connectivity index (χ2n) is 5.16. The first-order valence-corrected chi connectivity index (χ1v) is 7.03. The van der Waals surface area contributed by atoms with Crippen molar-refractivity contribution in [1.29, 1.82) is 0 Å². The minimum Gasteiger partial charge on any atom is -0.497 e. The van der Waals surface area contributed by atoms with Crippen molar-refractivity contribution in [3.63, 3.8) is 0 Å². The molecule has 1 aliphatic heterocycles. The summed E-state index contributed by atoms with van der Waals surface area (Å²) in [6, 6.07) is 15.5. The maximum atomic E-state index is 12.4. The van der Waals surface area contributed by atoms with E-state index in [-0.39, 0.29) is 11.8 Å². The van der Waals surface area contributed by atoms with Gasteiger partial charge in [0, 0.05) is 24.0 Å². The third-order valence-corrected chi connectivity index (χ3v) is 3.73. The quantitative estimate of drug-likeness (QED) is 0.910. The number of fused-ring (bicyclic) bond motifs is 1. The molecule has 21 heavy (non-hydrogen) atoms. The van der Waals surface area contributed by atoms with Crippen LogP contribution in [0.25, 0.3) is 0 Å². The molecule has 0 radical (unpaired) electrons. The van der Waals surface area contributed by atoms with E-state index in [9.17, 15) is 4.79 Å². The molecule has 0 fully saturated rings. The number of hydrogen-bond donors (Lipinski definition) is 2. The summed E-state index contributed by atoms with van der Waals surface area (Å²) in [5, 5.41) is 6.27. The highest BCUT2D eigenvalue weighted by atomic mass is 16.5. The van der Waals surface area contributed by atoms with Gasteiger partial charge in [-0.25, -0.2) is 0 Å². The molecule has 0 saturated carbocycles. The number of anilines is 2. The number of amides is 1. The monoisotopic (exact) mass is 282 g/mol. The Morgan fingerprint density at radius 3 is 2.95 bits per heavy atom. The van der Waals surface area contributed by atoms with E-state index in [1.54, 1.807) is 7.11 Å². The van der Waals surface area contributed by atoms with Crippen molar-refractivity contribution in [2.45, 2.75) is 6.42 Å². The number of benzene rings is 2. The molecule has 2 aromatic carbocycles. The SMILES string of the molecule is COc1cccc(NC(=O)C2CNc3ccccc3C2)c1. The summed E-state index contributed by atoms with van der Waals surface area (Å²) in [4.78, 5) is 12.4. The Balaban J connectivity index is 1.69. The fraction of sp³-hybridized carbons (Fsp3) is 0.235. The second-order valence-corrected chi connectivity index (χ2v) is 5.16. The highest BCUT2D eigenvalue weighted by Gasteiger charge is 2.24. The predicted octanol–water partition coefficient (Wildman–Crippen LogP) is 2.92. The van der Waals surface area contributed by atoms with Crippen LogP contribution in [0.1, 0.15) is 5.56 Å². The van der Waals surface area contributed by atoms with E-state index in [0.29, 0.717) is 6.54 Å². The summed E-state index contributed by atoms with van der Waals surface area (Å²) in [6.07, 6.45) is 0.763. The summed E-state index contributed by atoms with van der Waals surface area (Å²) < 4.78 is 5.16. The molecule has 0 aromatic heterocycles. The molecule has 0 bridgehead atoms. The summed E-state index contributed by atoms with van der Waals surface area (Å²) in [6.45, 7) is 0.660. The van der Waals surface area contributed by atoms with Crippen molar-refractivity contribution >= 4 is 17.3 Å². The molecule has 1 aliphatic rings. The van der Waals surface area contributed by atoms with Crippen LogP contribution >= 0.6 is 0 Å². The van der Waals surface area contributed by atoms with Crippen LogP contribution in [-0.2, 0) is 11.2 Å². The van der Waals surface area contributed by atoms with Crippen LogP contribution in [0.5, 0.6) is 5.75 Å². The predicted molar refractivity (Wildman–Crippen MR) is 83.7 cm³/mol. The van der Waals surface area contributed by atoms with Crippen molar-refractivity contribution in [3.05, 3.63) is 54.1 Å². The molecule has 0 spiro atoms. The lowest BCUT2D eigenvalue weighted by molar-refractivity contribution is -0.119. The highest BCUT2D eigenvalue weighted by Crippen LogP contribution is 2.25. The average molecular weight is 282 g/mol. The van der Waals surface area contributed by atoms with Crippen molar-refractivity contribution < 1.29 is 9.53 Å². The number of nitrogens with one attached hydrogen (secondary N) is 2. The van der Waals surface area contributed by atoms with Gasteiger partial charge in [0.15, 0.2) is 0 Å². The van der Waals surface area contributed by atoms with E-state index in [0.717, 1.165) is 23.5 Å². The van der Waals surface area contributed by atoms with E-state index < -0.39 is 0 Å². The standard InChI is InChI=1S/C17H18N2O2/c1-21-15-7-4-6-14(10-15)19-17(20)13-9-12-5-2-3-8-16(12)18-11-13/h2-8,10,13,18H,9,11H2,1H3,(H,19,20). The minimum absolute atomic E-state index is 0.0326. The van der Waals surface area contributed by atoms with Crippen LogP contribution in [0.3, 0.4) is 0 Å². The third-order valence-electron chi connectivity index (χ3n) is 3.73. The molecule has 1 amide bonds. The molecule has 1 unspecified atom stereocenters. The van der Waals surface area contributed by atoms with Crippen LogP contribution in [-0.4, -0.2) is 19.6 Å². The molecule has 4 heteroatoms. The van der Waals surface area contributed by atoms with E-state index in [2.05, 4.69) is 16.7 Å². The Kier molecular flexibility index (Phi) is 3.77. The van der Waals surface area contributed by atoms with Crippen LogP contribution in [0.2, 0.25) is 0 Å². The molecule has 108 valence electrons. The summed E-state index contributed by atoms with van der Waals surface area (Å²) in [7, 11) is 1.61. The topological polar surface area (TPSA) is 50.4 Å². The Labute approximate surface area is 124 Å². The zero-order valence-corrected chi connectivity index (χ0v) is 11.9. The molecule has 2 aromatic rings. The van der Waals surface area contributed by atoms with Crippen LogP contribution in [0, 0.1) is 5.92 Å². The lowest BCUT2D eigenvalue weighted by Crippen LogP contribution is -2.33. The smallest absolute Gasteiger partial charge is 0.229 e. The largest absolute Gasteiger partial charge is 0.497 e. The average Bonchev–Trinajstić information content (AvgIpc) is 2.54. The zero-order valence-electron chi connectivity index (χ0n) is 11.9. The first-order chi connectivity index (χ1) is 10.3. The van der Waals surface area contributed by atoms with Crippen LogP contribution < -0.4 is 15.4 Å². The van der Waals surface area contributed by atoms with E-state index in [1.807, 2.05) is 42.5 Å². The lowest BCUT2D eigenvalue weighted by atomic mass is 9.93. The van der Waals surface area contributed by atoms with Gasteiger partial charge in [-0.15, -0.1) is 0 Å². The van der Waals surface area contributed by atoms with Crippen molar-refractivity contribution in [2.24, 2.45) is 5.92 Å². The first-order valence-electron chi connectivity index (χ1n) is 7.03. The van der Waals surface area contributed by atoms with Gasteiger partial charge in [0.2, 0.25) is 5.91 Å². The molecule has 4 nitrogen and oxygen atoms in total. The molecule has 0 saturated heterocycles. The molecular weight excluding hydrogens is 264 g/mol. The fourth-order valence-corrected chi connectivity index (χ4v) is 2.57. The number of rotatable bonds is 3. The second kappa shape index (κ2) is 5.87. The fourth-order valence-electron chi connectivity index (χ4n) is 2.57. The number of hydrogen-bond acceptors (Lipinski definition) is 3. The van der Waals surface area contributed by atoms with Gasteiger partial charge in [0.25, 0.3) is 0 Å². The normalized spacial score (nSPS) is 16.5. The van der Waals surface area contributed by atoms with Crippen LogP contribution in [0.15, 0.2) is 48.5 Å². The van der Waals surface area contributed by atoms with Gasteiger partial charge in [-0.05, 0) is 30.2 Å². The maximum absolute atomic E-state index is 12.4. The van der Waals surface area contributed by atoms with Crippen molar-refractivity contribution in [2.75, 3.05) is 24.3 Å². The number of ether oxygens (including phenoxy) is 1. The Morgan fingerprint density at radius 2 is 2.10 bits per heavy atom. The highest BCUT2D eigenvalue weighted by molar-refractivity contribution is 5.93. The van der Waals surface area contributed by atoms with Gasteiger partial charge >= 0.3 is 0 Å². The Hall–Kier alpha value is -2.49. The van der Waals surface area contributed by atoms with Gasteiger partial charge in [0.05, 0.1) is 13.0 Å². The van der Waals surface area contributed by atoms with E-state index >= 15 is 0 Å². The Bertz CT molecular complexity index is 655. The van der Waals surface area contributed by atoms with Gasteiger partial charge in [-0.3, -0.25) is 4.79 Å². The zero-order chi connectivity index (χ0) is 14.7. The van der Waals surface area contributed by atoms with Gasteiger partial charge < -0.3 is 15.4 Å². The number of carbonyl (C=O) groups excluding carboxylic acids is 1. The van der Waals surface area contributed by atoms with Gasteiger partial charge in [-0.1, -0.05) is 24.3 Å². The van der Waals surface area contributed by atoms with E-state index in [1.165, 1.54) is 5.56 Å². The molecule has 1 atom stereocenters. The molecule has 0 aliphatic carbocycles. The summed E-state index contributed by atoms with van der Waals surface area (Å²) >= 11 is 0. The van der Waals surface area contributed by atoms with Crippen LogP contribution in [0.4, 0.5) is 11.4 Å². The minimum atomic E-state index is -0.0638. The van der Waals surface area contributed by atoms with Crippen molar-refractivity contribution in [1.82, 2.24) is 0 Å². The number of carbonyl (C=O) groups is 1. The summed E-state index contributed by atoms with van der Waals surface area (Å²) in [5.41, 5.74) is 3.08.